The molecule has 0 radical (unpaired) electrons. The van der Waals surface area contributed by atoms with E-state index in [1.165, 1.54) is 25.7 Å². The van der Waals surface area contributed by atoms with Crippen molar-refractivity contribution >= 4 is 10.9 Å². The molecule has 8 heteroatoms. The van der Waals surface area contributed by atoms with Crippen LogP contribution >= 0.6 is 0 Å². The molecule has 0 bridgehead atoms. The second kappa shape index (κ2) is 10.3. The Morgan fingerprint density at radius 1 is 1.15 bits per heavy atom. The maximum atomic E-state index is 13.2. The highest BCUT2D eigenvalue weighted by molar-refractivity contribution is 5.80. The van der Waals surface area contributed by atoms with E-state index in [-0.39, 0.29) is 11.6 Å². The summed E-state index contributed by atoms with van der Waals surface area (Å²) in [7, 11) is 1.64. The minimum atomic E-state index is -0.0330. The number of tetrazole rings is 1. The molecule has 0 spiro atoms. The molecule has 1 aromatic carbocycles. The van der Waals surface area contributed by atoms with E-state index in [0.717, 1.165) is 66.6 Å². The fourth-order valence-corrected chi connectivity index (χ4v) is 5.94. The van der Waals surface area contributed by atoms with Crippen molar-refractivity contribution in [3.63, 3.8) is 0 Å². The van der Waals surface area contributed by atoms with Gasteiger partial charge in [0.05, 0.1) is 24.7 Å². The Bertz CT molecular complexity index is 1160. The smallest absolute Gasteiger partial charge is 0.252 e. The first kappa shape index (κ1) is 23.0. The normalized spacial score (nSPS) is 18.3. The SMILES string of the molecule is CCCC(c1nnnn1C1CCCC1)N(Cc1cc2ccc(OC)cc2[nH]c1=O)C1CCCC1. The Balaban J connectivity index is 1.52. The van der Waals surface area contributed by atoms with Gasteiger partial charge in [-0.25, -0.2) is 4.68 Å². The van der Waals surface area contributed by atoms with Crippen LogP contribution in [0.1, 0.15) is 94.6 Å². The van der Waals surface area contributed by atoms with Crippen LogP contribution in [0.15, 0.2) is 29.1 Å². The monoisotopic (exact) mass is 464 g/mol. The number of H-pyrrole nitrogens is 1. The molecule has 8 nitrogen and oxygen atoms in total. The molecular weight excluding hydrogens is 428 g/mol. The number of hydrogen-bond acceptors (Lipinski definition) is 6. The van der Waals surface area contributed by atoms with Gasteiger partial charge in [0.2, 0.25) is 0 Å². The van der Waals surface area contributed by atoms with Crippen LogP contribution in [0.4, 0.5) is 0 Å². The highest BCUT2D eigenvalue weighted by atomic mass is 16.5. The number of hydrogen-bond donors (Lipinski definition) is 1. The van der Waals surface area contributed by atoms with Gasteiger partial charge in [-0.1, -0.05) is 39.0 Å². The van der Waals surface area contributed by atoms with Gasteiger partial charge in [0, 0.05) is 24.2 Å². The van der Waals surface area contributed by atoms with Crippen molar-refractivity contribution in [2.75, 3.05) is 7.11 Å². The Morgan fingerprint density at radius 3 is 2.65 bits per heavy atom. The van der Waals surface area contributed by atoms with Crippen LogP contribution in [0.25, 0.3) is 10.9 Å². The van der Waals surface area contributed by atoms with E-state index in [0.29, 0.717) is 18.6 Å². The van der Waals surface area contributed by atoms with Crippen LogP contribution in [0, 0.1) is 0 Å². The van der Waals surface area contributed by atoms with Gasteiger partial charge in [-0.3, -0.25) is 9.69 Å². The number of pyridine rings is 1. The predicted molar refractivity (Wildman–Crippen MR) is 132 cm³/mol. The molecule has 2 aliphatic carbocycles. The summed E-state index contributed by atoms with van der Waals surface area (Å²) in [5.41, 5.74) is 1.57. The highest BCUT2D eigenvalue weighted by Crippen LogP contribution is 2.37. The average Bonchev–Trinajstić information content (AvgIpc) is 3.63. The Labute approximate surface area is 200 Å². The Kier molecular flexibility index (Phi) is 6.94. The fourth-order valence-electron chi connectivity index (χ4n) is 5.94. The molecule has 2 aromatic heterocycles. The van der Waals surface area contributed by atoms with E-state index >= 15 is 0 Å². The summed E-state index contributed by atoms with van der Waals surface area (Å²) in [6.07, 6.45) is 11.6. The first-order valence-electron chi connectivity index (χ1n) is 12.9. The van der Waals surface area contributed by atoms with Gasteiger partial charge in [0.15, 0.2) is 5.82 Å². The summed E-state index contributed by atoms with van der Waals surface area (Å²) in [6.45, 7) is 2.82. The van der Waals surface area contributed by atoms with Crippen LogP contribution in [0.5, 0.6) is 5.75 Å². The van der Waals surface area contributed by atoms with Crippen LogP contribution < -0.4 is 10.3 Å². The molecule has 0 saturated heterocycles. The first-order chi connectivity index (χ1) is 16.7. The summed E-state index contributed by atoms with van der Waals surface area (Å²) in [6, 6.07) is 8.82. The first-order valence-corrected chi connectivity index (χ1v) is 12.9. The third-order valence-corrected chi connectivity index (χ3v) is 7.73. The summed E-state index contributed by atoms with van der Waals surface area (Å²) in [5.74, 6) is 1.72. The molecule has 2 saturated carbocycles. The lowest BCUT2D eigenvalue weighted by atomic mass is 10.0. The van der Waals surface area contributed by atoms with E-state index in [1.54, 1.807) is 7.11 Å². The maximum absolute atomic E-state index is 13.2. The zero-order valence-corrected chi connectivity index (χ0v) is 20.4. The number of nitrogens with zero attached hydrogens (tertiary/aromatic N) is 5. The summed E-state index contributed by atoms with van der Waals surface area (Å²) < 4.78 is 7.43. The summed E-state index contributed by atoms with van der Waals surface area (Å²) in [5, 5.41) is 14.1. The van der Waals surface area contributed by atoms with Gasteiger partial charge in [-0.05, 0) is 66.1 Å². The second-order valence-electron chi connectivity index (χ2n) is 9.91. The molecule has 0 aliphatic heterocycles. The molecule has 1 unspecified atom stereocenters. The van der Waals surface area contributed by atoms with Gasteiger partial charge in [0.25, 0.3) is 5.56 Å². The fraction of sp³-hybridized carbons (Fsp3) is 0.615. The summed E-state index contributed by atoms with van der Waals surface area (Å²) in [4.78, 5) is 18.8. The lowest BCUT2D eigenvalue weighted by Crippen LogP contribution is -2.39. The van der Waals surface area contributed by atoms with Crippen molar-refractivity contribution in [1.82, 2.24) is 30.1 Å². The predicted octanol–water partition coefficient (Wildman–Crippen LogP) is 4.92. The zero-order chi connectivity index (χ0) is 23.5. The lowest BCUT2D eigenvalue weighted by Gasteiger charge is -2.36. The highest BCUT2D eigenvalue weighted by Gasteiger charge is 2.34. The van der Waals surface area contributed by atoms with Gasteiger partial charge >= 0.3 is 0 Å². The number of benzene rings is 1. The van der Waals surface area contributed by atoms with Crippen molar-refractivity contribution in [3.8, 4) is 5.75 Å². The lowest BCUT2D eigenvalue weighted by molar-refractivity contribution is 0.106. The van der Waals surface area contributed by atoms with Crippen LogP contribution in [-0.4, -0.2) is 43.2 Å². The van der Waals surface area contributed by atoms with Crippen LogP contribution in [0.3, 0.4) is 0 Å². The Morgan fingerprint density at radius 2 is 1.91 bits per heavy atom. The minimum absolute atomic E-state index is 0.0330. The van der Waals surface area contributed by atoms with Crippen molar-refractivity contribution in [2.24, 2.45) is 0 Å². The molecule has 3 aromatic rings. The van der Waals surface area contributed by atoms with Crippen molar-refractivity contribution in [1.29, 1.82) is 0 Å². The molecular formula is C26H36N6O2. The number of ether oxygens (including phenoxy) is 1. The van der Waals surface area contributed by atoms with E-state index in [9.17, 15) is 4.79 Å². The number of aromatic nitrogens is 5. The average molecular weight is 465 g/mol. The molecule has 5 rings (SSSR count). The van der Waals surface area contributed by atoms with Gasteiger partial charge in [-0.15, -0.1) is 5.10 Å². The van der Waals surface area contributed by atoms with E-state index in [1.807, 2.05) is 24.3 Å². The number of fused-ring (bicyclic) bond motifs is 1. The number of rotatable bonds is 9. The van der Waals surface area contributed by atoms with Gasteiger partial charge < -0.3 is 9.72 Å². The molecule has 34 heavy (non-hydrogen) atoms. The van der Waals surface area contributed by atoms with Crippen molar-refractivity contribution < 1.29 is 4.74 Å². The van der Waals surface area contributed by atoms with E-state index in [2.05, 4.69) is 37.0 Å². The van der Waals surface area contributed by atoms with Gasteiger partial charge in [0.1, 0.15) is 5.75 Å². The topological polar surface area (TPSA) is 88.9 Å². The quantitative estimate of drug-likeness (QED) is 0.483. The largest absolute Gasteiger partial charge is 0.497 e. The van der Waals surface area contributed by atoms with Crippen LogP contribution in [0.2, 0.25) is 0 Å². The zero-order valence-electron chi connectivity index (χ0n) is 20.4. The number of aromatic amines is 1. The number of nitrogens with one attached hydrogen (secondary N) is 1. The van der Waals surface area contributed by atoms with E-state index < -0.39 is 0 Å². The van der Waals surface area contributed by atoms with E-state index in [4.69, 9.17) is 4.74 Å². The molecule has 0 amide bonds. The molecule has 182 valence electrons. The molecule has 2 heterocycles. The molecule has 1 atom stereocenters. The third kappa shape index (κ3) is 4.60. The maximum Gasteiger partial charge on any atom is 0.252 e. The third-order valence-electron chi connectivity index (χ3n) is 7.73. The number of methoxy groups -OCH3 is 1. The van der Waals surface area contributed by atoms with Gasteiger partial charge in [-0.2, -0.15) is 0 Å². The van der Waals surface area contributed by atoms with Crippen molar-refractivity contribution in [2.45, 2.75) is 95.8 Å². The minimum Gasteiger partial charge on any atom is -0.497 e. The Hall–Kier alpha value is -2.74. The molecule has 2 fully saturated rings. The summed E-state index contributed by atoms with van der Waals surface area (Å²) >= 11 is 0. The van der Waals surface area contributed by atoms with Crippen molar-refractivity contribution in [3.05, 3.63) is 46.0 Å². The standard InChI is InChI=1S/C26H36N6O2/c1-3-8-24(25-28-29-30-32(25)21-11-6-7-12-21)31(20-9-4-5-10-20)17-19-15-18-13-14-22(34-2)16-23(18)27-26(19)33/h13-16,20-21,24H,3-12,17H2,1-2H3,(H,27,33). The molecule has 2 aliphatic rings. The van der Waals surface area contributed by atoms with Crippen LogP contribution in [-0.2, 0) is 6.54 Å². The molecule has 1 N–H and O–H groups in total. The second-order valence-corrected chi connectivity index (χ2v) is 9.91.